The molecule has 0 saturated carbocycles. The molecule has 1 aromatic rings. The molecule has 1 fully saturated rings. The molecular weight excluding hydrogens is 300 g/mol. The summed E-state index contributed by atoms with van der Waals surface area (Å²) in [6, 6.07) is 0. The highest BCUT2D eigenvalue weighted by Crippen LogP contribution is 2.21. The molecule has 8 heteroatoms. The lowest BCUT2D eigenvalue weighted by Crippen LogP contribution is -2.51. The van der Waals surface area contributed by atoms with Crippen LogP contribution in [0.1, 0.15) is 13.8 Å². The van der Waals surface area contributed by atoms with Crippen LogP contribution in [0.15, 0.2) is 9.59 Å². The molecule has 1 saturated heterocycles. The third kappa shape index (κ3) is 3.88. The van der Waals surface area contributed by atoms with Crippen LogP contribution in [-0.2, 0) is 9.59 Å². The summed E-state index contributed by atoms with van der Waals surface area (Å²) < 4.78 is 0. The lowest BCUT2D eigenvalue weighted by Gasteiger charge is -2.35. The number of piperazine rings is 1. The number of carbonyl (C=O) groups is 2. The number of nitrogens with zero attached hydrogens (tertiary/aromatic N) is 2. The molecule has 2 N–H and O–H groups in total. The lowest BCUT2D eigenvalue weighted by atomic mass is 10.1. The minimum absolute atomic E-state index is 0.0428. The smallest absolute Gasteiger partial charge is 0.253 e. The summed E-state index contributed by atoms with van der Waals surface area (Å²) in [6.07, 6.45) is 0.775. The van der Waals surface area contributed by atoms with Crippen LogP contribution in [0, 0.1) is 5.92 Å². The van der Waals surface area contributed by atoms with Crippen LogP contribution in [0.3, 0.4) is 0 Å². The molecule has 1 aliphatic heterocycles. The molecule has 0 aliphatic carbocycles. The average molecular weight is 322 g/mol. The summed E-state index contributed by atoms with van der Waals surface area (Å²) >= 11 is 0. The minimum atomic E-state index is -0.588. The first-order valence-corrected chi connectivity index (χ1v) is 7.72. The number of anilines is 2. The molecule has 126 valence electrons. The predicted molar refractivity (Wildman–Crippen MR) is 87.5 cm³/mol. The molecule has 0 spiro atoms. The van der Waals surface area contributed by atoms with E-state index >= 15 is 0 Å². The quantitative estimate of drug-likeness (QED) is 0.480. The Morgan fingerprint density at radius 1 is 1.17 bits per heavy atom. The van der Waals surface area contributed by atoms with E-state index in [1.165, 1.54) is 0 Å². The van der Waals surface area contributed by atoms with Gasteiger partial charge in [-0.1, -0.05) is 13.8 Å². The van der Waals surface area contributed by atoms with Gasteiger partial charge in [-0.05, 0) is 5.92 Å². The Balaban J connectivity index is 1.95. The standard InChI is InChI=1S/C15H22N4O4/c1-10(2)7-16-11(21)8-17-12-13(15(23)14(12)22)19-5-3-18(9-20)4-6-19/h9-10,17H,3-8H2,1-2H3,(H,16,21). The predicted octanol–water partition coefficient (Wildman–Crippen LogP) is -1.25. The van der Waals surface area contributed by atoms with Crippen molar-refractivity contribution in [1.29, 1.82) is 0 Å². The Morgan fingerprint density at radius 2 is 1.83 bits per heavy atom. The van der Waals surface area contributed by atoms with E-state index in [4.69, 9.17) is 0 Å². The molecule has 2 amide bonds. The van der Waals surface area contributed by atoms with Gasteiger partial charge in [-0.25, -0.2) is 0 Å². The number of carbonyl (C=O) groups excluding carboxylic acids is 2. The summed E-state index contributed by atoms with van der Waals surface area (Å²) in [5.41, 5.74) is -0.587. The molecule has 0 unspecified atom stereocenters. The van der Waals surface area contributed by atoms with Gasteiger partial charge in [0.2, 0.25) is 12.3 Å². The Kier molecular flexibility index (Phi) is 5.36. The molecule has 1 aromatic carbocycles. The van der Waals surface area contributed by atoms with Crippen molar-refractivity contribution >= 4 is 23.7 Å². The van der Waals surface area contributed by atoms with Crippen molar-refractivity contribution < 1.29 is 9.59 Å². The van der Waals surface area contributed by atoms with Crippen LogP contribution in [0.25, 0.3) is 0 Å². The fourth-order valence-corrected chi connectivity index (χ4v) is 2.45. The molecule has 2 rings (SSSR count). The van der Waals surface area contributed by atoms with Gasteiger partial charge >= 0.3 is 0 Å². The highest BCUT2D eigenvalue weighted by atomic mass is 16.2. The van der Waals surface area contributed by atoms with Gasteiger partial charge in [0.05, 0.1) is 6.54 Å². The normalized spacial score (nSPS) is 15.1. The van der Waals surface area contributed by atoms with Crippen LogP contribution in [0.4, 0.5) is 11.4 Å². The highest BCUT2D eigenvalue weighted by Gasteiger charge is 2.28. The van der Waals surface area contributed by atoms with Crippen LogP contribution in [0.5, 0.6) is 0 Å². The first-order chi connectivity index (χ1) is 10.9. The lowest BCUT2D eigenvalue weighted by molar-refractivity contribution is -0.119. The van der Waals surface area contributed by atoms with Crippen LogP contribution in [-0.4, -0.2) is 56.5 Å². The van der Waals surface area contributed by atoms with Gasteiger partial charge in [0.1, 0.15) is 11.4 Å². The van der Waals surface area contributed by atoms with Gasteiger partial charge < -0.3 is 20.4 Å². The van der Waals surface area contributed by atoms with E-state index in [2.05, 4.69) is 10.6 Å². The van der Waals surface area contributed by atoms with Crippen molar-refractivity contribution in [3.63, 3.8) is 0 Å². The van der Waals surface area contributed by atoms with E-state index < -0.39 is 10.9 Å². The van der Waals surface area contributed by atoms with Crippen molar-refractivity contribution in [2.24, 2.45) is 5.92 Å². The second-order valence-corrected chi connectivity index (χ2v) is 6.06. The third-order valence-corrected chi connectivity index (χ3v) is 3.80. The van der Waals surface area contributed by atoms with Crippen molar-refractivity contribution in [2.75, 3.05) is 49.5 Å². The van der Waals surface area contributed by atoms with Crippen molar-refractivity contribution in [2.45, 2.75) is 13.8 Å². The largest absolute Gasteiger partial charge is 0.371 e. The topological polar surface area (TPSA) is 98.8 Å². The number of nitrogens with one attached hydrogen (secondary N) is 2. The molecule has 1 aliphatic rings. The van der Waals surface area contributed by atoms with Crippen molar-refractivity contribution in [3.05, 3.63) is 20.4 Å². The van der Waals surface area contributed by atoms with E-state index in [0.717, 1.165) is 6.41 Å². The average Bonchev–Trinajstić information content (AvgIpc) is 2.56. The first-order valence-electron chi connectivity index (χ1n) is 7.72. The molecule has 1 heterocycles. The van der Waals surface area contributed by atoms with Crippen molar-refractivity contribution in [3.8, 4) is 0 Å². The Morgan fingerprint density at radius 3 is 2.39 bits per heavy atom. The zero-order valence-corrected chi connectivity index (χ0v) is 13.4. The van der Waals surface area contributed by atoms with Gasteiger partial charge in [-0.3, -0.25) is 19.2 Å². The summed E-state index contributed by atoms with van der Waals surface area (Å²) in [5, 5.41) is 5.51. The number of rotatable bonds is 7. The summed E-state index contributed by atoms with van der Waals surface area (Å²) in [6.45, 7) is 6.51. The molecule has 0 aromatic heterocycles. The summed E-state index contributed by atoms with van der Waals surface area (Å²) in [4.78, 5) is 49.3. The Bertz CT molecular complexity index is 640. The molecule has 23 heavy (non-hydrogen) atoms. The minimum Gasteiger partial charge on any atom is -0.371 e. The fraction of sp³-hybridized carbons (Fsp3) is 0.600. The zero-order valence-electron chi connectivity index (χ0n) is 13.4. The van der Waals surface area contributed by atoms with E-state index in [0.29, 0.717) is 44.3 Å². The van der Waals surface area contributed by atoms with Crippen LogP contribution >= 0.6 is 0 Å². The maximum absolute atomic E-state index is 11.8. The zero-order chi connectivity index (χ0) is 17.0. The number of hydrogen-bond donors (Lipinski definition) is 2. The molecular formula is C15H22N4O4. The van der Waals surface area contributed by atoms with E-state index in [1.807, 2.05) is 13.8 Å². The maximum Gasteiger partial charge on any atom is 0.253 e. The number of hydrogen-bond acceptors (Lipinski definition) is 6. The third-order valence-electron chi connectivity index (χ3n) is 3.80. The first kappa shape index (κ1) is 17.0. The summed E-state index contributed by atoms with van der Waals surface area (Å²) in [5.74, 6) is 0.123. The van der Waals surface area contributed by atoms with Crippen molar-refractivity contribution in [1.82, 2.24) is 10.2 Å². The summed E-state index contributed by atoms with van der Waals surface area (Å²) in [7, 11) is 0. The van der Waals surface area contributed by atoms with Crippen LogP contribution < -0.4 is 26.4 Å². The van der Waals surface area contributed by atoms with Gasteiger partial charge in [0.25, 0.3) is 10.9 Å². The highest BCUT2D eigenvalue weighted by molar-refractivity contribution is 5.84. The van der Waals surface area contributed by atoms with Gasteiger partial charge in [0, 0.05) is 32.7 Å². The van der Waals surface area contributed by atoms with E-state index in [9.17, 15) is 19.2 Å². The maximum atomic E-state index is 11.8. The van der Waals surface area contributed by atoms with Gasteiger partial charge in [-0.2, -0.15) is 0 Å². The van der Waals surface area contributed by atoms with Gasteiger partial charge in [-0.15, -0.1) is 0 Å². The molecule has 0 radical (unpaired) electrons. The van der Waals surface area contributed by atoms with E-state index in [-0.39, 0.29) is 18.1 Å². The van der Waals surface area contributed by atoms with E-state index in [1.54, 1.807) is 9.80 Å². The SMILES string of the molecule is CC(C)CNC(=O)CNc1c(N2CCN(C=O)CC2)c(=O)c1=O. The molecule has 8 nitrogen and oxygen atoms in total. The Labute approximate surface area is 134 Å². The second kappa shape index (κ2) is 7.26. The molecule has 0 bridgehead atoms. The van der Waals surface area contributed by atoms with Crippen LogP contribution in [0.2, 0.25) is 0 Å². The second-order valence-electron chi connectivity index (χ2n) is 6.06. The Hall–Kier alpha value is -2.38. The van der Waals surface area contributed by atoms with Gasteiger partial charge in [0.15, 0.2) is 0 Å². The fourth-order valence-electron chi connectivity index (χ4n) is 2.45. The monoisotopic (exact) mass is 322 g/mol. The molecule has 0 atom stereocenters. The number of amides is 2.